The lowest BCUT2D eigenvalue weighted by molar-refractivity contribution is -0.114. The molecular weight excluding hydrogens is 214 g/mol. The van der Waals surface area contributed by atoms with Gasteiger partial charge >= 0.3 is 0 Å². The van der Waals surface area contributed by atoms with Crippen LogP contribution in [-0.4, -0.2) is 23.4 Å². The highest BCUT2D eigenvalue weighted by molar-refractivity contribution is 5.92. The number of fused-ring (bicyclic) bond motifs is 1. The summed E-state index contributed by atoms with van der Waals surface area (Å²) >= 11 is 0. The van der Waals surface area contributed by atoms with Crippen molar-refractivity contribution in [3.63, 3.8) is 0 Å². The molecule has 0 unspecified atom stereocenters. The van der Waals surface area contributed by atoms with E-state index in [-0.39, 0.29) is 12.5 Å². The third kappa shape index (κ3) is 2.65. The number of benzene rings is 1. The fraction of sp³-hybridized carbons (Fsp3) is 0.462. The molecule has 4 nitrogen and oxygen atoms in total. The average molecular weight is 233 g/mol. The van der Waals surface area contributed by atoms with Crippen LogP contribution in [0, 0.1) is 0 Å². The molecule has 3 N–H and O–H groups in total. The number of hydrogen-bond donors (Lipinski definition) is 2. The van der Waals surface area contributed by atoms with Crippen LogP contribution in [0.25, 0.3) is 0 Å². The molecule has 1 aromatic carbocycles. The predicted molar refractivity (Wildman–Crippen MR) is 68.5 cm³/mol. The molecule has 1 aliphatic heterocycles. The largest absolute Gasteiger partial charge is 0.325 e. The Kier molecular flexibility index (Phi) is 3.45. The molecule has 1 amide bonds. The second kappa shape index (κ2) is 4.85. The van der Waals surface area contributed by atoms with Gasteiger partial charge in [-0.1, -0.05) is 6.07 Å². The van der Waals surface area contributed by atoms with Crippen molar-refractivity contribution in [1.29, 1.82) is 0 Å². The number of nitrogens with two attached hydrogens (primary N) is 1. The lowest BCUT2D eigenvalue weighted by Gasteiger charge is -2.18. The van der Waals surface area contributed by atoms with Crippen molar-refractivity contribution in [2.75, 3.05) is 11.9 Å². The lowest BCUT2D eigenvalue weighted by Crippen LogP contribution is -2.24. The van der Waals surface area contributed by atoms with Crippen LogP contribution in [0.4, 0.5) is 5.69 Å². The molecule has 92 valence electrons. The normalized spacial score (nSPS) is 15.1. The standard InChI is InChI=1S/C13H19N3O/c1-9(2)16-7-10-3-4-12(5-11(10)8-16)15-13(17)6-14/h3-5,9H,6-8,14H2,1-2H3,(H,15,17). The van der Waals surface area contributed by atoms with Gasteiger partial charge in [0.15, 0.2) is 0 Å². The molecule has 0 atom stereocenters. The molecule has 2 rings (SSSR count). The van der Waals surface area contributed by atoms with Crippen LogP contribution in [0.3, 0.4) is 0 Å². The van der Waals surface area contributed by atoms with Gasteiger partial charge in [-0.2, -0.15) is 0 Å². The van der Waals surface area contributed by atoms with Crippen LogP contribution in [0.2, 0.25) is 0 Å². The van der Waals surface area contributed by atoms with E-state index in [1.54, 1.807) is 0 Å². The minimum absolute atomic E-state index is 0.0230. The van der Waals surface area contributed by atoms with Gasteiger partial charge in [-0.3, -0.25) is 9.69 Å². The van der Waals surface area contributed by atoms with Crippen molar-refractivity contribution in [3.05, 3.63) is 29.3 Å². The predicted octanol–water partition coefficient (Wildman–Crippen LogP) is 1.31. The average Bonchev–Trinajstić information content (AvgIpc) is 2.72. The van der Waals surface area contributed by atoms with Crippen molar-refractivity contribution < 1.29 is 4.79 Å². The zero-order valence-corrected chi connectivity index (χ0v) is 10.4. The second-order valence-electron chi connectivity index (χ2n) is 4.73. The van der Waals surface area contributed by atoms with E-state index in [1.807, 2.05) is 12.1 Å². The van der Waals surface area contributed by atoms with Gasteiger partial charge in [0.25, 0.3) is 0 Å². The van der Waals surface area contributed by atoms with Crippen LogP contribution in [0.1, 0.15) is 25.0 Å². The molecule has 0 spiro atoms. The van der Waals surface area contributed by atoms with E-state index in [2.05, 4.69) is 30.1 Å². The molecule has 0 aromatic heterocycles. The van der Waals surface area contributed by atoms with Gasteiger partial charge in [-0.25, -0.2) is 0 Å². The Morgan fingerprint density at radius 1 is 1.41 bits per heavy atom. The molecule has 1 heterocycles. The van der Waals surface area contributed by atoms with E-state index in [9.17, 15) is 4.79 Å². The Morgan fingerprint density at radius 3 is 2.76 bits per heavy atom. The van der Waals surface area contributed by atoms with E-state index in [0.29, 0.717) is 6.04 Å². The van der Waals surface area contributed by atoms with Crippen LogP contribution < -0.4 is 11.1 Å². The molecule has 4 heteroatoms. The Morgan fingerprint density at radius 2 is 2.12 bits per heavy atom. The molecule has 0 aliphatic carbocycles. The first-order valence-corrected chi connectivity index (χ1v) is 5.96. The first-order chi connectivity index (χ1) is 8.10. The number of carbonyl (C=O) groups is 1. The van der Waals surface area contributed by atoms with E-state index < -0.39 is 0 Å². The Hall–Kier alpha value is -1.39. The summed E-state index contributed by atoms with van der Waals surface area (Å²) in [4.78, 5) is 13.6. The summed E-state index contributed by atoms with van der Waals surface area (Å²) in [5, 5.41) is 2.78. The number of carbonyl (C=O) groups excluding carboxylic acids is 1. The number of nitrogens with zero attached hydrogens (tertiary/aromatic N) is 1. The van der Waals surface area contributed by atoms with E-state index >= 15 is 0 Å². The molecule has 1 aliphatic rings. The lowest BCUT2D eigenvalue weighted by atomic mass is 10.1. The van der Waals surface area contributed by atoms with E-state index in [1.165, 1.54) is 11.1 Å². The summed E-state index contributed by atoms with van der Waals surface area (Å²) in [6, 6.07) is 6.62. The summed E-state index contributed by atoms with van der Waals surface area (Å²) in [6.45, 7) is 6.37. The summed E-state index contributed by atoms with van der Waals surface area (Å²) in [5.74, 6) is -0.149. The SMILES string of the molecule is CC(C)N1Cc2ccc(NC(=O)CN)cc2C1. The molecule has 0 saturated carbocycles. The fourth-order valence-electron chi connectivity index (χ4n) is 2.08. The summed E-state index contributed by atoms with van der Waals surface area (Å²) in [7, 11) is 0. The van der Waals surface area contributed by atoms with Gasteiger partial charge in [-0.05, 0) is 37.1 Å². The molecule has 0 radical (unpaired) electrons. The van der Waals surface area contributed by atoms with Crippen LogP contribution in [0.5, 0.6) is 0 Å². The van der Waals surface area contributed by atoms with Crippen molar-refractivity contribution in [2.45, 2.75) is 33.0 Å². The topological polar surface area (TPSA) is 58.4 Å². The third-order valence-electron chi connectivity index (χ3n) is 3.15. The maximum atomic E-state index is 11.2. The molecule has 0 fully saturated rings. The van der Waals surface area contributed by atoms with E-state index in [4.69, 9.17) is 5.73 Å². The minimum atomic E-state index is -0.149. The molecule has 1 aromatic rings. The number of anilines is 1. The summed E-state index contributed by atoms with van der Waals surface area (Å²) in [5.41, 5.74) is 8.76. The van der Waals surface area contributed by atoms with Crippen molar-refractivity contribution in [3.8, 4) is 0 Å². The first kappa shape index (κ1) is 12.1. The Balaban J connectivity index is 2.12. The first-order valence-electron chi connectivity index (χ1n) is 5.96. The number of rotatable bonds is 3. The second-order valence-corrected chi connectivity index (χ2v) is 4.73. The summed E-state index contributed by atoms with van der Waals surface area (Å²) < 4.78 is 0. The van der Waals surface area contributed by atoms with Crippen LogP contribution in [-0.2, 0) is 17.9 Å². The van der Waals surface area contributed by atoms with Crippen molar-refractivity contribution >= 4 is 11.6 Å². The highest BCUT2D eigenvalue weighted by atomic mass is 16.1. The smallest absolute Gasteiger partial charge is 0.238 e. The highest BCUT2D eigenvalue weighted by Gasteiger charge is 2.21. The Labute approximate surface area is 102 Å². The quantitative estimate of drug-likeness (QED) is 0.827. The third-order valence-corrected chi connectivity index (χ3v) is 3.15. The van der Waals surface area contributed by atoms with Crippen LogP contribution in [0.15, 0.2) is 18.2 Å². The zero-order chi connectivity index (χ0) is 12.4. The van der Waals surface area contributed by atoms with Gasteiger partial charge in [0.2, 0.25) is 5.91 Å². The van der Waals surface area contributed by atoms with Gasteiger partial charge in [0, 0.05) is 24.8 Å². The molecule has 17 heavy (non-hydrogen) atoms. The van der Waals surface area contributed by atoms with Gasteiger partial charge in [0.05, 0.1) is 6.54 Å². The maximum Gasteiger partial charge on any atom is 0.238 e. The van der Waals surface area contributed by atoms with Crippen LogP contribution >= 0.6 is 0 Å². The van der Waals surface area contributed by atoms with Gasteiger partial charge < -0.3 is 11.1 Å². The summed E-state index contributed by atoms with van der Waals surface area (Å²) in [6.07, 6.45) is 0. The molecular formula is C13H19N3O. The zero-order valence-electron chi connectivity index (χ0n) is 10.4. The number of nitrogens with one attached hydrogen (secondary N) is 1. The number of amides is 1. The fourth-order valence-corrected chi connectivity index (χ4v) is 2.08. The maximum absolute atomic E-state index is 11.2. The monoisotopic (exact) mass is 233 g/mol. The Bertz CT molecular complexity index is 429. The minimum Gasteiger partial charge on any atom is -0.325 e. The van der Waals surface area contributed by atoms with Crippen molar-refractivity contribution in [2.24, 2.45) is 5.73 Å². The van der Waals surface area contributed by atoms with Crippen molar-refractivity contribution in [1.82, 2.24) is 4.90 Å². The van der Waals surface area contributed by atoms with E-state index in [0.717, 1.165) is 18.8 Å². The molecule has 0 bridgehead atoms. The van der Waals surface area contributed by atoms with Gasteiger partial charge in [-0.15, -0.1) is 0 Å². The van der Waals surface area contributed by atoms with Gasteiger partial charge in [0.1, 0.15) is 0 Å². The molecule has 0 saturated heterocycles. The highest BCUT2D eigenvalue weighted by Crippen LogP contribution is 2.26. The number of hydrogen-bond acceptors (Lipinski definition) is 3.